The number of urea groups is 1. The quantitative estimate of drug-likeness (QED) is 0.928. The van der Waals surface area contributed by atoms with Crippen LogP contribution in [0.2, 0.25) is 5.02 Å². The Labute approximate surface area is 135 Å². The predicted octanol–water partition coefficient (Wildman–Crippen LogP) is 2.22. The molecule has 1 aromatic carbocycles. The van der Waals surface area contributed by atoms with Gasteiger partial charge in [-0.1, -0.05) is 11.6 Å². The first kappa shape index (κ1) is 15.2. The maximum atomic E-state index is 12.4. The summed E-state index contributed by atoms with van der Waals surface area (Å²) in [5.41, 5.74) is 0.635. The second kappa shape index (κ2) is 6.57. The van der Waals surface area contributed by atoms with Crippen LogP contribution >= 0.6 is 11.6 Å². The first-order valence-corrected chi connectivity index (χ1v) is 8.09. The Hall–Kier alpha value is -1.75. The van der Waals surface area contributed by atoms with E-state index in [1.807, 2.05) is 0 Å². The lowest BCUT2D eigenvalue weighted by Crippen LogP contribution is -2.53. The summed E-state index contributed by atoms with van der Waals surface area (Å²) in [5, 5.41) is 3.58. The summed E-state index contributed by atoms with van der Waals surface area (Å²) < 4.78 is 0. The fourth-order valence-electron chi connectivity index (χ4n) is 2.55. The summed E-state index contributed by atoms with van der Waals surface area (Å²) in [5.74, 6) is 0.673. The number of carbonyl (C=O) groups is 2. The first-order valence-electron chi connectivity index (χ1n) is 7.71. The van der Waals surface area contributed by atoms with Gasteiger partial charge in [0, 0.05) is 43.3 Å². The average molecular weight is 322 g/mol. The van der Waals surface area contributed by atoms with Gasteiger partial charge in [-0.3, -0.25) is 4.79 Å². The van der Waals surface area contributed by atoms with Gasteiger partial charge in [-0.2, -0.15) is 0 Å². The Kier molecular flexibility index (Phi) is 4.52. The summed E-state index contributed by atoms with van der Waals surface area (Å²) in [4.78, 5) is 28.0. The molecule has 0 bridgehead atoms. The number of rotatable bonds is 3. The van der Waals surface area contributed by atoms with E-state index in [0.717, 1.165) is 6.54 Å². The summed E-state index contributed by atoms with van der Waals surface area (Å²) >= 11 is 5.84. The monoisotopic (exact) mass is 321 g/mol. The minimum absolute atomic E-state index is 0.00490. The zero-order valence-electron chi connectivity index (χ0n) is 12.4. The fourth-order valence-corrected chi connectivity index (χ4v) is 2.68. The van der Waals surface area contributed by atoms with Crippen molar-refractivity contribution in [1.82, 2.24) is 15.1 Å². The Bertz CT molecular complexity index is 549. The van der Waals surface area contributed by atoms with Crippen LogP contribution in [0.1, 0.15) is 23.2 Å². The molecule has 0 radical (unpaired) electrons. The molecule has 22 heavy (non-hydrogen) atoms. The van der Waals surface area contributed by atoms with Crippen LogP contribution in [0.5, 0.6) is 0 Å². The molecule has 6 heteroatoms. The van der Waals surface area contributed by atoms with Crippen molar-refractivity contribution in [3.05, 3.63) is 34.9 Å². The lowest BCUT2D eigenvalue weighted by atomic mass is 10.2. The van der Waals surface area contributed by atoms with Crippen molar-refractivity contribution >= 4 is 23.5 Å². The van der Waals surface area contributed by atoms with Gasteiger partial charge in [0.25, 0.3) is 5.91 Å². The molecule has 0 atom stereocenters. The minimum atomic E-state index is -0.00880. The van der Waals surface area contributed by atoms with E-state index in [1.54, 1.807) is 34.1 Å². The van der Waals surface area contributed by atoms with Gasteiger partial charge >= 0.3 is 6.03 Å². The third-order valence-electron chi connectivity index (χ3n) is 4.18. The van der Waals surface area contributed by atoms with Gasteiger partial charge in [-0.05, 0) is 43.0 Å². The van der Waals surface area contributed by atoms with Gasteiger partial charge in [0.2, 0.25) is 0 Å². The van der Waals surface area contributed by atoms with Gasteiger partial charge in [0.1, 0.15) is 0 Å². The molecule has 5 nitrogen and oxygen atoms in total. The molecular weight excluding hydrogens is 302 g/mol. The van der Waals surface area contributed by atoms with Crippen molar-refractivity contribution in [1.29, 1.82) is 0 Å². The molecule has 1 heterocycles. The molecule has 0 unspecified atom stereocenters. The fraction of sp³-hybridized carbons (Fsp3) is 0.500. The minimum Gasteiger partial charge on any atom is -0.338 e. The molecule has 2 fully saturated rings. The summed E-state index contributed by atoms with van der Waals surface area (Å²) in [6.07, 6.45) is 2.45. The third-order valence-corrected chi connectivity index (χ3v) is 4.44. The van der Waals surface area contributed by atoms with Crippen LogP contribution in [0, 0.1) is 5.92 Å². The molecule has 0 aromatic heterocycles. The Balaban J connectivity index is 1.49. The van der Waals surface area contributed by atoms with Crippen molar-refractivity contribution in [2.24, 2.45) is 5.92 Å². The SMILES string of the molecule is O=C(NCC1CC1)N1CCN(C(=O)c2ccc(Cl)cc2)CC1. The summed E-state index contributed by atoms with van der Waals surface area (Å²) in [6, 6.07) is 6.90. The van der Waals surface area contributed by atoms with Crippen molar-refractivity contribution in [3.8, 4) is 0 Å². The Morgan fingerprint density at radius 2 is 1.64 bits per heavy atom. The van der Waals surface area contributed by atoms with Crippen LogP contribution < -0.4 is 5.32 Å². The Morgan fingerprint density at radius 1 is 1.05 bits per heavy atom. The van der Waals surface area contributed by atoms with E-state index in [0.29, 0.717) is 42.7 Å². The lowest BCUT2D eigenvalue weighted by Gasteiger charge is -2.34. The van der Waals surface area contributed by atoms with E-state index in [1.165, 1.54) is 12.8 Å². The van der Waals surface area contributed by atoms with Crippen LogP contribution in [-0.4, -0.2) is 54.5 Å². The molecule has 1 aliphatic carbocycles. The highest BCUT2D eigenvalue weighted by atomic mass is 35.5. The van der Waals surface area contributed by atoms with Crippen LogP contribution in [0.25, 0.3) is 0 Å². The molecule has 3 amide bonds. The molecule has 1 saturated heterocycles. The largest absolute Gasteiger partial charge is 0.338 e. The molecule has 1 N–H and O–H groups in total. The van der Waals surface area contributed by atoms with Crippen LogP contribution in [0.15, 0.2) is 24.3 Å². The molecule has 0 spiro atoms. The number of piperazine rings is 1. The molecule has 118 valence electrons. The van der Waals surface area contributed by atoms with Crippen LogP contribution in [0.3, 0.4) is 0 Å². The van der Waals surface area contributed by atoms with E-state index in [2.05, 4.69) is 5.32 Å². The van der Waals surface area contributed by atoms with Crippen LogP contribution in [-0.2, 0) is 0 Å². The number of benzene rings is 1. The molecular formula is C16H20ClN3O2. The zero-order chi connectivity index (χ0) is 15.5. The standard InChI is InChI=1S/C16H20ClN3O2/c17-14-5-3-13(4-6-14)15(21)19-7-9-20(10-8-19)16(22)18-11-12-1-2-12/h3-6,12H,1-2,7-11H2,(H,18,22). The predicted molar refractivity (Wildman–Crippen MR) is 85.1 cm³/mol. The number of halogens is 1. The number of nitrogens with zero attached hydrogens (tertiary/aromatic N) is 2. The lowest BCUT2D eigenvalue weighted by molar-refractivity contribution is 0.0665. The number of carbonyl (C=O) groups excluding carboxylic acids is 2. The van der Waals surface area contributed by atoms with Crippen molar-refractivity contribution in [2.75, 3.05) is 32.7 Å². The zero-order valence-corrected chi connectivity index (χ0v) is 13.2. The normalized spacial score (nSPS) is 18.2. The van der Waals surface area contributed by atoms with E-state index in [-0.39, 0.29) is 11.9 Å². The number of nitrogens with one attached hydrogen (secondary N) is 1. The van der Waals surface area contributed by atoms with Crippen LogP contribution in [0.4, 0.5) is 4.79 Å². The van der Waals surface area contributed by atoms with E-state index < -0.39 is 0 Å². The highest BCUT2D eigenvalue weighted by molar-refractivity contribution is 6.30. The Morgan fingerprint density at radius 3 is 2.23 bits per heavy atom. The second-order valence-corrected chi connectivity index (χ2v) is 6.35. The number of amides is 3. The molecule has 1 saturated carbocycles. The molecule has 1 aromatic rings. The van der Waals surface area contributed by atoms with Gasteiger partial charge < -0.3 is 15.1 Å². The molecule has 2 aliphatic rings. The maximum Gasteiger partial charge on any atom is 0.317 e. The molecule has 3 rings (SSSR count). The van der Waals surface area contributed by atoms with E-state index in [9.17, 15) is 9.59 Å². The van der Waals surface area contributed by atoms with E-state index in [4.69, 9.17) is 11.6 Å². The van der Waals surface area contributed by atoms with Gasteiger partial charge in [-0.15, -0.1) is 0 Å². The number of hydrogen-bond acceptors (Lipinski definition) is 2. The summed E-state index contributed by atoms with van der Waals surface area (Å²) in [6.45, 7) is 3.07. The van der Waals surface area contributed by atoms with Crippen molar-refractivity contribution in [2.45, 2.75) is 12.8 Å². The smallest absolute Gasteiger partial charge is 0.317 e. The topological polar surface area (TPSA) is 52.7 Å². The second-order valence-electron chi connectivity index (χ2n) is 5.92. The van der Waals surface area contributed by atoms with Crippen molar-refractivity contribution in [3.63, 3.8) is 0 Å². The highest BCUT2D eigenvalue weighted by Crippen LogP contribution is 2.27. The van der Waals surface area contributed by atoms with Gasteiger partial charge in [-0.25, -0.2) is 4.79 Å². The van der Waals surface area contributed by atoms with Crippen molar-refractivity contribution < 1.29 is 9.59 Å². The maximum absolute atomic E-state index is 12.4. The van der Waals surface area contributed by atoms with E-state index >= 15 is 0 Å². The first-order chi connectivity index (χ1) is 10.6. The third kappa shape index (κ3) is 3.71. The highest BCUT2D eigenvalue weighted by Gasteiger charge is 2.26. The van der Waals surface area contributed by atoms with Gasteiger partial charge in [0.15, 0.2) is 0 Å². The molecule has 1 aliphatic heterocycles. The average Bonchev–Trinajstić information content (AvgIpc) is 3.37. The van der Waals surface area contributed by atoms with Gasteiger partial charge in [0.05, 0.1) is 0 Å². The number of hydrogen-bond donors (Lipinski definition) is 1. The summed E-state index contributed by atoms with van der Waals surface area (Å²) in [7, 11) is 0.